The Hall–Kier alpha value is -0.610. The van der Waals surface area contributed by atoms with Gasteiger partial charge in [-0.3, -0.25) is 4.79 Å². The zero-order valence-electron chi connectivity index (χ0n) is 10.6. The Balaban J connectivity index is 2.60. The summed E-state index contributed by atoms with van der Waals surface area (Å²) in [6.45, 7) is 8.79. The quantitative estimate of drug-likeness (QED) is 0.738. The summed E-state index contributed by atoms with van der Waals surface area (Å²) < 4.78 is 10.9. The SMILES string of the molecule is CC(=O)OCC1OC(CN)C(C)C(C)C1C. The third-order valence-corrected chi connectivity index (χ3v) is 3.86. The third kappa shape index (κ3) is 2.95. The maximum Gasteiger partial charge on any atom is 0.302 e. The second kappa shape index (κ2) is 5.64. The van der Waals surface area contributed by atoms with Gasteiger partial charge >= 0.3 is 5.97 Å². The molecule has 1 fully saturated rings. The van der Waals surface area contributed by atoms with E-state index in [1.165, 1.54) is 6.92 Å². The zero-order chi connectivity index (χ0) is 12.3. The first-order valence-electron chi connectivity index (χ1n) is 5.96. The standard InChI is InChI=1S/C12H23NO3/c1-7-8(2)11(5-13)16-12(9(7)3)6-15-10(4)14/h7-9,11-12H,5-6,13H2,1-4H3. The van der Waals surface area contributed by atoms with Crippen molar-refractivity contribution in [1.29, 1.82) is 0 Å². The fourth-order valence-electron chi connectivity index (χ4n) is 2.29. The number of nitrogens with two attached hydrogens (primary N) is 1. The molecule has 16 heavy (non-hydrogen) atoms. The van der Waals surface area contributed by atoms with E-state index in [9.17, 15) is 4.79 Å². The van der Waals surface area contributed by atoms with Crippen molar-refractivity contribution in [3.63, 3.8) is 0 Å². The largest absolute Gasteiger partial charge is 0.463 e. The normalized spacial score (nSPS) is 39.4. The lowest BCUT2D eigenvalue weighted by molar-refractivity contribution is -0.166. The highest BCUT2D eigenvalue weighted by atomic mass is 16.6. The van der Waals surface area contributed by atoms with E-state index in [1.54, 1.807) is 0 Å². The van der Waals surface area contributed by atoms with Gasteiger partial charge in [0.1, 0.15) is 6.61 Å². The number of carbonyl (C=O) groups excluding carboxylic acids is 1. The fraction of sp³-hybridized carbons (Fsp3) is 0.917. The number of hydrogen-bond acceptors (Lipinski definition) is 4. The van der Waals surface area contributed by atoms with Gasteiger partial charge in [-0.15, -0.1) is 0 Å². The van der Waals surface area contributed by atoms with Gasteiger partial charge in [0.25, 0.3) is 0 Å². The Morgan fingerprint density at radius 2 is 1.75 bits per heavy atom. The Labute approximate surface area is 97.5 Å². The molecular formula is C12H23NO3. The van der Waals surface area contributed by atoms with Crippen LogP contribution in [0, 0.1) is 17.8 Å². The Kier molecular flexibility index (Phi) is 4.74. The molecule has 5 atom stereocenters. The molecule has 0 amide bonds. The molecule has 1 aliphatic heterocycles. The predicted molar refractivity (Wildman–Crippen MR) is 61.8 cm³/mol. The van der Waals surface area contributed by atoms with Crippen LogP contribution < -0.4 is 5.73 Å². The van der Waals surface area contributed by atoms with Crippen molar-refractivity contribution in [2.75, 3.05) is 13.2 Å². The molecule has 0 aromatic rings. The topological polar surface area (TPSA) is 61.5 Å². The highest BCUT2D eigenvalue weighted by molar-refractivity contribution is 5.65. The second-order valence-electron chi connectivity index (χ2n) is 4.83. The summed E-state index contributed by atoms with van der Waals surface area (Å²) in [5, 5.41) is 0. The average molecular weight is 229 g/mol. The van der Waals surface area contributed by atoms with Crippen molar-refractivity contribution < 1.29 is 14.3 Å². The van der Waals surface area contributed by atoms with E-state index in [2.05, 4.69) is 20.8 Å². The van der Waals surface area contributed by atoms with E-state index in [0.29, 0.717) is 30.9 Å². The minimum Gasteiger partial charge on any atom is -0.463 e. The van der Waals surface area contributed by atoms with Crippen LogP contribution in [-0.2, 0) is 14.3 Å². The fourth-order valence-corrected chi connectivity index (χ4v) is 2.29. The lowest BCUT2D eigenvalue weighted by Crippen LogP contribution is -2.49. The van der Waals surface area contributed by atoms with Gasteiger partial charge in [-0.2, -0.15) is 0 Å². The number of hydrogen-bond donors (Lipinski definition) is 1. The molecule has 0 bridgehead atoms. The zero-order valence-corrected chi connectivity index (χ0v) is 10.6. The summed E-state index contributed by atoms with van der Waals surface area (Å²) in [7, 11) is 0. The van der Waals surface area contributed by atoms with Gasteiger partial charge < -0.3 is 15.2 Å². The van der Waals surface area contributed by atoms with Crippen LogP contribution in [0.4, 0.5) is 0 Å². The molecule has 4 heteroatoms. The molecule has 2 N–H and O–H groups in total. The van der Waals surface area contributed by atoms with E-state index in [0.717, 1.165) is 0 Å². The molecule has 1 heterocycles. The van der Waals surface area contributed by atoms with E-state index < -0.39 is 0 Å². The number of esters is 1. The van der Waals surface area contributed by atoms with Crippen LogP contribution >= 0.6 is 0 Å². The second-order valence-corrected chi connectivity index (χ2v) is 4.83. The smallest absolute Gasteiger partial charge is 0.302 e. The molecule has 0 radical (unpaired) electrons. The summed E-state index contributed by atoms with van der Waals surface area (Å²) in [6, 6.07) is 0. The molecule has 0 aliphatic carbocycles. The van der Waals surface area contributed by atoms with Gasteiger partial charge in [0.2, 0.25) is 0 Å². The van der Waals surface area contributed by atoms with Gasteiger partial charge in [-0.25, -0.2) is 0 Å². The Morgan fingerprint density at radius 3 is 2.25 bits per heavy atom. The molecule has 0 aromatic carbocycles. The van der Waals surface area contributed by atoms with Crippen LogP contribution in [0.1, 0.15) is 27.7 Å². The molecular weight excluding hydrogens is 206 g/mol. The van der Waals surface area contributed by atoms with E-state index in [1.807, 2.05) is 0 Å². The van der Waals surface area contributed by atoms with Gasteiger partial charge in [-0.1, -0.05) is 20.8 Å². The maximum atomic E-state index is 10.8. The first kappa shape index (κ1) is 13.5. The van der Waals surface area contributed by atoms with Crippen LogP contribution in [0.2, 0.25) is 0 Å². The lowest BCUT2D eigenvalue weighted by atomic mass is 9.76. The molecule has 94 valence electrons. The Morgan fingerprint density at radius 1 is 1.19 bits per heavy atom. The molecule has 5 unspecified atom stereocenters. The number of carbonyl (C=O) groups is 1. The van der Waals surface area contributed by atoms with Crippen molar-refractivity contribution in [2.45, 2.75) is 39.9 Å². The van der Waals surface area contributed by atoms with Crippen molar-refractivity contribution in [3.8, 4) is 0 Å². The van der Waals surface area contributed by atoms with Crippen molar-refractivity contribution in [2.24, 2.45) is 23.5 Å². The summed E-state index contributed by atoms with van der Waals surface area (Å²) in [5.74, 6) is 1.11. The lowest BCUT2D eigenvalue weighted by Gasteiger charge is -2.43. The van der Waals surface area contributed by atoms with Crippen LogP contribution in [0.5, 0.6) is 0 Å². The van der Waals surface area contributed by atoms with Crippen molar-refractivity contribution >= 4 is 5.97 Å². The highest BCUT2D eigenvalue weighted by Gasteiger charge is 2.38. The molecule has 1 aliphatic rings. The summed E-state index contributed by atoms with van der Waals surface area (Å²) in [5.41, 5.74) is 5.69. The van der Waals surface area contributed by atoms with Gasteiger partial charge in [0.15, 0.2) is 0 Å². The van der Waals surface area contributed by atoms with Crippen LogP contribution in [0.15, 0.2) is 0 Å². The molecule has 0 spiro atoms. The third-order valence-electron chi connectivity index (χ3n) is 3.86. The Bertz CT molecular complexity index is 242. The molecule has 1 saturated heterocycles. The first-order valence-corrected chi connectivity index (χ1v) is 5.96. The van der Waals surface area contributed by atoms with Gasteiger partial charge in [0, 0.05) is 13.5 Å². The van der Waals surface area contributed by atoms with Gasteiger partial charge in [-0.05, 0) is 17.8 Å². The summed E-state index contributed by atoms with van der Waals surface area (Å²) >= 11 is 0. The first-order chi connectivity index (χ1) is 7.47. The minimum absolute atomic E-state index is 0.0244. The predicted octanol–water partition coefficient (Wildman–Crippen LogP) is 1.18. The van der Waals surface area contributed by atoms with Crippen LogP contribution in [0.3, 0.4) is 0 Å². The van der Waals surface area contributed by atoms with E-state index in [4.69, 9.17) is 15.2 Å². The van der Waals surface area contributed by atoms with Crippen LogP contribution in [0.25, 0.3) is 0 Å². The van der Waals surface area contributed by atoms with Gasteiger partial charge in [0.05, 0.1) is 12.2 Å². The minimum atomic E-state index is -0.258. The highest BCUT2D eigenvalue weighted by Crippen LogP contribution is 2.34. The summed E-state index contributed by atoms with van der Waals surface area (Å²) in [6.07, 6.45) is 0.0513. The van der Waals surface area contributed by atoms with Crippen LogP contribution in [-0.4, -0.2) is 31.3 Å². The summed E-state index contributed by atoms with van der Waals surface area (Å²) in [4.78, 5) is 10.8. The molecule has 4 nitrogen and oxygen atoms in total. The van der Waals surface area contributed by atoms with E-state index in [-0.39, 0.29) is 18.2 Å². The average Bonchev–Trinajstić information content (AvgIpc) is 2.25. The number of ether oxygens (including phenoxy) is 2. The van der Waals surface area contributed by atoms with E-state index >= 15 is 0 Å². The maximum absolute atomic E-state index is 10.8. The monoisotopic (exact) mass is 229 g/mol. The van der Waals surface area contributed by atoms with Crippen molar-refractivity contribution in [3.05, 3.63) is 0 Å². The molecule has 0 saturated carbocycles. The molecule has 1 rings (SSSR count). The number of rotatable bonds is 3. The van der Waals surface area contributed by atoms with Crippen molar-refractivity contribution in [1.82, 2.24) is 0 Å². The molecule has 0 aromatic heterocycles.